The van der Waals surface area contributed by atoms with Crippen LogP contribution in [0.5, 0.6) is 0 Å². The summed E-state index contributed by atoms with van der Waals surface area (Å²) in [6, 6.07) is 2.48. The van der Waals surface area contributed by atoms with Gasteiger partial charge in [-0.2, -0.15) is 0 Å². The molecular formula is C11H10FNO2. The number of carbonyl (C=O) groups is 1. The summed E-state index contributed by atoms with van der Waals surface area (Å²) in [5.41, 5.74) is 6.90. The van der Waals surface area contributed by atoms with Crippen LogP contribution in [0.25, 0.3) is 0 Å². The molecular weight excluding hydrogens is 197 g/mol. The SMILES string of the molecule is COC(=O)C#Cc1cc(F)cc(C)c1N. The van der Waals surface area contributed by atoms with Gasteiger partial charge in [0.05, 0.1) is 18.4 Å². The fourth-order valence-corrected chi connectivity index (χ4v) is 1.03. The molecule has 0 fully saturated rings. The van der Waals surface area contributed by atoms with Crippen LogP contribution in [-0.2, 0) is 9.53 Å². The Labute approximate surface area is 87.0 Å². The van der Waals surface area contributed by atoms with Crippen molar-refractivity contribution < 1.29 is 13.9 Å². The highest BCUT2D eigenvalue weighted by Gasteiger charge is 2.03. The molecule has 78 valence electrons. The molecule has 0 heterocycles. The van der Waals surface area contributed by atoms with Crippen molar-refractivity contribution >= 4 is 11.7 Å². The van der Waals surface area contributed by atoms with E-state index in [1.807, 2.05) is 0 Å². The summed E-state index contributed by atoms with van der Waals surface area (Å²) in [4.78, 5) is 10.7. The number of benzene rings is 1. The fraction of sp³-hybridized carbons (Fsp3) is 0.182. The van der Waals surface area contributed by atoms with Crippen LogP contribution in [0.15, 0.2) is 12.1 Å². The second-order valence-corrected chi connectivity index (χ2v) is 2.93. The van der Waals surface area contributed by atoms with Crippen molar-refractivity contribution in [3.05, 3.63) is 29.1 Å². The maximum atomic E-state index is 13.0. The van der Waals surface area contributed by atoms with Gasteiger partial charge in [-0.15, -0.1) is 0 Å². The monoisotopic (exact) mass is 207 g/mol. The number of methoxy groups -OCH3 is 1. The Bertz CT molecular complexity index is 458. The van der Waals surface area contributed by atoms with Crippen molar-refractivity contribution in [3.8, 4) is 11.8 Å². The number of ether oxygens (including phenoxy) is 1. The molecule has 1 rings (SSSR count). The van der Waals surface area contributed by atoms with Crippen LogP contribution >= 0.6 is 0 Å². The minimum Gasteiger partial charge on any atom is -0.459 e. The number of aryl methyl sites for hydroxylation is 1. The number of carbonyl (C=O) groups excluding carboxylic acids is 1. The molecule has 0 saturated heterocycles. The van der Waals surface area contributed by atoms with Gasteiger partial charge in [0.2, 0.25) is 0 Å². The Kier molecular flexibility index (Phi) is 3.29. The Morgan fingerprint density at radius 3 is 2.80 bits per heavy atom. The zero-order chi connectivity index (χ0) is 11.4. The summed E-state index contributed by atoms with van der Waals surface area (Å²) in [6.07, 6.45) is 0. The van der Waals surface area contributed by atoms with E-state index in [4.69, 9.17) is 5.73 Å². The molecule has 0 aliphatic carbocycles. The van der Waals surface area contributed by atoms with Gasteiger partial charge in [-0.25, -0.2) is 9.18 Å². The lowest BCUT2D eigenvalue weighted by Gasteiger charge is -2.02. The van der Waals surface area contributed by atoms with E-state index in [1.165, 1.54) is 19.2 Å². The first-order valence-electron chi connectivity index (χ1n) is 4.20. The first kappa shape index (κ1) is 11.1. The van der Waals surface area contributed by atoms with Crippen LogP contribution in [-0.4, -0.2) is 13.1 Å². The zero-order valence-corrected chi connectivity index (χ0v) is 8.43. The predicted octanol–water partition coefficient (Wildman–Crippen LogP) is 1.24. The van der Waals surface area contributed by atoms with Crippen molar-refractivity contribution in [1.29, 1.82) is 0 Å². The molecule has 0 radical (unpaired) electrons. The average Bonchev–Trinajstić information content (AvgIpc) is 2.20. The summed E-state index contributed by atoms with van der Waals surface area (Å²) in [7, 11) is 1.22. The van der Waals surface area contributed by atoms with Gasteiger partial charge in [-0.05, 0) is 24.6 Å². The van der Waals surface area contributed by atoms with Gasteiger partial charge in [0.1, 0.15) is 5.82 Å². The number of halogens is 1. The first-order valence-corrected chi connectivity index (χ1v) is 4.20. The molecule has 0 aromatic heterocycles. The van der Waals surface area contributed by atoms with E-state index < -0.39 is 11.8 Å². The molecule has 2 N–H and O–H groups in total. The molecule has 1 aromatic carbocycles. The highest BCUT2D eigenvalue weighted by Crippen LogP contribution is 2.17. The van der Waals surface area contributed by atoms with Gasteiger partial charge < -0.3 is 10.5 Å². The molecule has 4 heteroatoms. The lowest BCUT2D eigenvalue weighted by Crippen LogP contribution is -1.98. The van der Waals surface area contributed by atoms with Crippen LogP contribution in [0.2, 0.25) is 0 Å². The number of hydrogen-bond acceptors (Lipinski definition) is 3. The minimum atomic E-state index is -0.684. The molecule has 0 amide bonds. The Morgan fingerprint density at radius 2 is 2.20 bits per heavy atom. The summed E-state index contributed by atoms with van der Waals surface area (Å²) < 4.78 is 17.3. The van der Waals surface area contributed by atoms with Crippen molar-refractivity contribution in [2.75, 3.05) is 12.8 Å². The normalized spacial score (nSPS) is 9.00. The molecule has 0 saturated carbocycles. The zero-order valence-electron chi connectivity index (χ0n) is 8.43. The van der Waals surface area contributed by atoms with Gasteiger partial charge in [0.15, 0.2) is 0 Å². The van der Waals surface area contributed by atoms with E-state index in [9.17, 15) is 9.18 Å². The van der Waals surface area contributed by atoms with Gasteiger partial charge in [-0.1, -0.05) is 5.92 Å². The Hall–Kier alpha value is -2.02. The topological polar surface area (TPSA) is 52.3 Å². The summed E-state index contributed by atoms with van der Waals surface area (Å²) in [5, 5.41) is 0. The molecule has 0 spiro atoms. The van der Waals surface area contributed by atoms with E-state index in [1.54, 1.807) is 6.92 Å². The fourth-order valence-electron chi connectivity index (χ4n) is 1.03. The van der Waals surface area contributed by atoms with Gasteiger partial charge in [0, 0.05) is 5.92 Å². The average molecular weight is 207 g/mol. The molecule has 0 atom stereocenters. The third kappa shape index (κ3) is 2.71. The van der Waals surface area contributed by atoms with Crippen LogP contribution in [0, 0.1) is 24.6 Å². The third-order valence-electron chi connectivity index (χ3n) is 1.84. The smallest absolute Gasteiger partial charge is 0.384 e. The molecule has 15 heavy (non-hydrogen) atoms. The van der Waals surface area contributed by atoms with E-state index in [0.717, 1.165) is 0 Å². The van der Waals surface area contributed by atoms with E-state index in [-0.39, 0.29) is 5.56 Å². The van der Waals surface area contributed by atoms with Crippen molar-refractivity contribution in [2.24, 2.45) is 0 Å². The maximum absolute atomic E-state index is 13.0. The molecule has 1 aromatic rings. The van der Waals surface area contributed by atoms with Crippen LogP contribution in [0.4, 0.5) is 10.1 Å². The molecule has 0 aliphatic rings. The quantitative estimate of drug-likeness (QED) is 0.395. The van der Waals surface area contributed by atoms with Crippen molar-refractivity contribution in [1.82, 2.24) is 0 Å². The van der Waals surface area contributed by atoms with Gasteiger partial charge in [0.25, 0.3) is 0 Å². The highest BCUT2D eigenvalue weighted by atomic mass is 19.1. The lowest BCUT2D eigenvalue weighted by atomic mass is 10.1. The first-order chi connectivity index (χ1) is 7.04. The molecule has 0 bridgehead atoms. The highest BCUT2D eigenvalue weighted by molar-refractivity contribution is 5.89. The second-order valence-electron chi connectivity index (χ2n) is 2.93. The Balaban J connectivity index is 3.13. The lowest BCUT2D eigenvalue weighted by molar-refractivity contribution is -0.133. The predicted molar refractivity (Wildman–Crippen MR) is 54.4 cm³/mol. The summed E-state index contributed by atoms with van der Waals surface area (Å²) >= 11 is 0. The van der Waals surface area contributed by atoms with Crippen LogP contribution in [0.3, 0.4) is 0 Å². The number of nitrogen functional groups attached to an aromatic ring is 1. The van der Waals surface area contributed by atoms with Gasteiger partial charge in [-0.3, -0.25) is 0 Å². The number of esters is 1. The number of rotatable bonds is 0. The van der Waals surface area contributed by atoms with Crippen molar-refractivity contribution in [2.45, 2.75) is 6.92 Å². The summed E-state index contributed by atoms with van der Waals surface area (Å²) in [6.45, 7) is 1.67. The number of anilines is 1. The van der Waals surface area contributed by atoms with E-state index >= 15 is 0 Å². The molecule has 0 unspecified atom stereocenters. The van der Waals surface area contributed by atoms with E-state index in [0.29, 0.717) is 11.3 Å². The number of hydrogen-bond donors (Lipinski definition) is 1. The van der Waals surface area contributed by atoms with Crippen molar-refractivity contribution in [3.63, 3.8) is 0 Å². The second kappa shape index (κ2) is 4.47. The maximum Gasteiger partial charge on any atom is 0.384 e. The minimum absolute atomic E-state index is 0.290. The summed E-state index contributed by atoms with van der Waals surface area (Å²) in [5.74, 6) is 3.52. The Morgan fingerprint density at radius 1 is 1.53 bits per heavy atom. The van der Waals surface area contributed by atoms with Gasteiger partial charge >= 0.3 is 5.97 Å². The van der Waals surface area contributed by atoms with Crippen LogP contribution in [0.1, 0.15) is 11.1 Å². The third-order valence-corrected chi connectivity index (χ3v) is 1.84. The number of nitrogens with two attached hydrogens (primary N) is 1. The van der Waals surface area contributed by atoms with Crippen LogP contribution < -0.4 is 5.73 Å². The van der Waals surface area contributed by atoms with E-state index in [2.05, 4.69) is 16.6 Å². The molecule has 3 nitrogen and oxygen atoms in total. The largest absolute Gasteiger partial charge is 0.459 e. The standard InChI is InChI=1S/C11H10FNO2/c1-7-5-9(12)6-8(11(7)13)3-4-10(14)15-2/h5-6H,13H2,1-2H3. The molecule has 0 aliphatic heterocycles.